The number of aromatic amines is 1. The molecule has 0 unspecified atom stereocenters. The first-order valence-corrected chi connectivity index (χ1v) is 10.6. The molecule has 0 spiro atoms. The molecule has 3 aromatic rings. The molecular weight excluding hydrogens is 358 g/mol. The van der Waals surface area contributed by atoms with Gasteiger partial charge in [-0.05, 0) is 61.3 Å². The van der Waals surface area contributed by atoms with E-state index in [1.807, 2.05) is 30.1 Å². The van der Waals surface area contributed by atoms with Crippen molar-refractivity contribution in [1.82, 2.24) is 15.1 Å². The van der Waals surface area contributed by atoms with Gasteiger partial charge in [-0.25, -0.2) is 0 Å². The average Bonchev–Trinajstić information content (AvgIpc) is 3.23. The fourth-order valence-corrected chi connectivity index (χ4v) is 4.08. The molecular formula is C25H29N3O. The number of aromatic nitrogens is 2. The fourth-order valence-electron chi connectivity index (χ4n) is 4.08. The van der Waals surface area contributed by atoms with Gasteiger partial charge in [0.2, 0.25) is 5.91 Å². The number of fused-ring (bicyclic) bond motifs is 1. The summed E-state index contributed by atoms with van der Waals surface area (Å²) in [7, 11) is 1.91. The molecule has 1 aromatic heterocycles. The van der Waals surface area contributed by atoms with Crippen LogP contribution in [0.1, 0.15) is 41.6 Å². The van der Waals surface area contributed by atoms with Crippen LogP contribution >= 0.6 is 0 Å². The van der Waals surface area contributed by atoms with Crippen molar-refractivity contribution in [3.8, 4) is 11.3 Å². The summed E-state index contributed by atoms with van der Waals surface area (Å²) in [4.78, 5) is 14.5. The SMILES string of the molecule is CN(CCCc1cc(-c2ccccc2)n[nH]1)C(=O)Cc1ccc2c(c1)CCCC2. The monoisotopic (exact) mass is 387 g/mol. The van der Waals surface area contributed by atoms with Gasteiger partial charge in [-0.15, -0.1) is 0 Å². The van der Waals surface area contributed by atoms with Crippen LogP contribution in [0.15, 0.2) is 54.6 Å². The molecule has 4 rings (SSSR count). The van der Waals surface area contributed by atoms with Crippen LogP contribution in [0.3, 0.4) is 0 Å². The predicted octanol–water partition coefficient (Wildman–Crippen LogP) is 4.59. The van der Waals surface area contributed by atoms with Crippen LogP contribution in [-0.4, -0.2) is 34.6 Å². The number of hydrogen-bond acceptors (Lipinski definition) is 2. The Bertz CT molecular complexity index is 961. The molecule has 0 saturated heterocycles. The highest BCUT2D eigenvalue weighted by Gasteiger charge is 2.13. The zero-order valence-corrected chi connectivity index (χ0v) is 17.2. The molecule has 0 atom stereocenters. The summed E-state index contributed by atoms with van der Waals surface area (Å²) in [6, 6.07) is 18.9. The molecule has 1 N–H and O–H groups in total. The van der Waals surface area contributed by atoms with E-state index in [0.717, 1.165) is 48.3 Å². The number of aryl methyl sites for hydroxylation is 3. The summed E-state index contributed by atoms with van der Waals surface area (Å²) >= 11 is 0. The van der Waals surface area contributed by atoms with E-state index in [2.05, 4.69) is 46.6 Å². The van der Waals surface area contributed by atoms with E-state index in [1.54, 1.807) is 0 Å². The van der Waals surface area contributed by atoms with Crippen molar-refractivity contribution < 1.29 is 4.79 Å². The third-order valence-electron chi connectivity index (χ3n) is 5.83. The van der Waals surface area contributed by atoms with Crippen LogP contribution in [0.25, 0.3) is 11.3 Å². The zero-order valence-electron chi connectivity index (χ0n) is 17.2. The highest BCUT2D eigenvalue weighted by molar-refractivity contribution is 5.78. The van der Waals surface area contributed by atoms with Gasteiger partial charge >= 0.3 is 0 Å². The van der Waals surface area contributed by atoms with E-state index >= 15 is 0 Å². The van der Waals surface area contributed by atoms with Crippen LogP contribution in [0, 0.1) is 0 Å². The number of H-pyrrole nitrogens is 1. The minimum atomic E-state index is 0.190. The lowest BCUT2D eigenvalue weighted by molar-refractivity contribution is -0.129. The Labute approximate surface area is 173 Å². The number of amides is 1. The van der Waals surface area contributed by atoms with Gasteiger partial charge in [-0.2, -0.15) is 5.10 Å². The molecule has 1 aliphatic rings. The Hall–Kier alpha value is -2.88. The molecule has 2 aromatic carbocycles. The first kappa shape index (κ1) is 19.4. The topological polar surface area (TPSA) is 49.0 Å². The van der Waals surface area contributed by atoms with E-state index < -0.39 is 0 Å². The van der Waals surface area contributed by atoms with Crippen molar-refractivity contribution in [3.63, 3.8) is 0 Å². The number of likely N-dealkylation sites (N-methyl/N-ethyl adjacent to an activating group) is 1. The molecule has 4 nitrogen and oxygen atoms in total. The van der Waals surface area contributed by atoms with Gasteiger partial charge in [0.05, 0.1) is 12.1 Å². The second-order valence-electron chi connectivity index (χ2n) is 8.05. The number of nitrogens with zero attached hydrogens (tertiary/aromatic N) is 2. The van der Waals surface area contributed by atoms with Gasteiger partial charge in [0, 0.05) is 24.8 Å². The first-order chi connectivity index (χ1) is 14.2. The molecule has 150 valence electrons. The molecule has 0 fully saturated rings. The van der Waals surface area contributed by atoms with Crippen LogP contribution in [0.5, 0.6) is 0 Å². The summed E-state index contributed by atoms with van der Waals surface area (Å²) in [6.45, 7) is 0.753. The van der Waals surface area contributed by atoms with Crippen molar-refractivity contribution in [2.24, 2.45) is 0 Å². The maximum Gasteiger partial charge on any atom is 0.226 e. The maximum absolute atomic E-state index is 12.6. The smallest absolute Gasteiger partial charge is 0.226 e. The third-order valence-corrected chi connectivity index (χ3v) is 5.83. The van der Waals surface area contributed by atoms with Crippen LogP contribution in [0.2, 0.25) is 0 Å². The zero-order chi connectivity index (χ0) is 20.1. The van der Waals surface area contributed by atoms with E-state index in [-0.39, 0.29) is 5.91 Å². The van der Waals surface area contributed by atoms with Crippen LogP contribution in [-0.2, 0) is 30.5 Å². The third kappa shape index (κ3) is 4.94. The second kappa shape index (κ2) is 9.08. The van der Waals surface area contributed by atoms with E-state index in [9.17, 15) is 4.79 Å². The number of carbonyl (C=O) groups is 1. The lowest BCUT2D eigenvalue weighted by atomic mass is 9.90. The molecule has 0 bridgehead atoms. The molecule has 29 heavy (non-hydrogen) atoms. The van der Waals surface area contributed by atoms with Crippen LogP contribution < -0.4 is 0 Å². The summed E-state index contributed by atoms with van der Waals surface area (Å²) in [5, 5.41) is 7.53. The van der Waals surface area contributed by atoms with Crippen molar-refractivity contribution >= 4 is 5.91 Å². The summed E-state index contributed by atoms with van der Waals surface area (Å²) < 4.78 is 0. The summed E-state index contributed by atoms with van der Waals surface area (Å²) in [5.41, 5.74) is 7.25. The second-order valence-corrected chi connectivity index (χ2v) is 8.05. The number of hydrogen-bond donors (Lipinski definition) is 1. The molecule has 0 aliphatic heterocycles. The fraction of sp³-hybridized carbons (Fsp3) is 0.360. The Kier molecular flexibility index (Phi) is 6.09. The van der Waals surface area contributed by atoms with Crippen molar-refractivity contribution in [2.75, 3.05) is 13.6 Å². The number of benzene rings is 2. The largest absolute Gasteiger partial charge is 0.345 e. The summed E-state index contributed by atoms with van der Waals surface area (Å²) in [6.07, 6.45) is 7.19. The van der Waals surface area contributed by atoms with Crippen molar-refractivity contribution in [1.29, 1.82) is 0 Å². The lowest BCUT2D eigenvalue weighted by Gasteiger charge is -2.19. The number of rotatable bonds is 7. The standard InChI is InChI=1S/C25H29N3O/c1-28(25(29)17-19-13-14-20-8-5-6-11-22(20)16-19)15-7-12-23-18-24(27-26-23)21-9-3-2-4-10-21/h2-4,9-10,13-14,16,18H,5-8,11-12,15,17H2,1H3,(H,26,27). The minimum absolute atomic E-state index is 0.190. The van der Waals surface area contributed by atoms with Gasteiger partial charge in [-0.1, -0.05) is 48.5 Å². The Morgan fingerprint density at radius 3 is 2.66 bits per heavy atom. The quantitative estimate of drug-likeness (QED) is 0.645. The summed E-state index contributed by atoms with van der Waals surface area (Å²) in [5.74, 6) is 0.190. The predicted molar refractivity (Wildman–Crippen MR) is 117 cm³/mol. The van der Waals surface area contributed by atoms with Gasteiger partial charge < -0.3 is 4.90 Å². The van der Waals surface area contributed by atoms with Crippen molar-refractivity contribution in [2.45, 2.75) is 44.9 Å². The van der Waals surface area contributed by atoms with Gasteiger partial charge in [-0.3, -0.25) is 9.89 Å². The first-order valence-electron chi connectivity index (χ1n) is 10.6. The number of nitrogens with one attached hydrogen (secondary N) is 1. The number of carbonyl (C=O) groups excluding carboxylic acids is 1. The van der Waals surface area contributed by atoms with E-state index in [0.29, 0.717) is 6.42 Å². The van der Waals surface area contributed by atoms with Crippen molar-refractivity contribution in [3.05, 3.63) is 77.0 Å². The maximum atomic E-state index is 12.6. The van der Waals surface area contributed by atoms with E-state index in [4.69, 9.17) is 0 Å². The van der Waals surface area contributed by atoms with Gasteiger partial charge in [0.25, 0.3) is 0 Å². The molecule has 1 aliphatic carbocycles. The molecule has 1 heterocycles. The molecule has 0 radical (unpaired) electrons. The minimum Gasteiger partial charge on any atom is -0.345 e. The Morgan fingerprint density at radius 2 is 1.83 bits per heavy atom. The normalized spacial score (nSPS) is 13.1. The van der Waals surface area contributed by atoms with Gasteiger partial charge in [0.1, 0.15) is 0 Å². The average molecular weight is 388 g/mol. The highest BCUT2D eigenvalue weighted by Crippen LogP contribution is 2.22. The molecule has 0 saturated carbocycles. The van der Waals surface area contributed by atoms with Crippen LogP contribution in [0.4, 0.5) is 0 Å². The Balaban J connectivity index is 1.26. The van der Waals surface area contributed by atoms with E-state index in [1.165, 1.54) is 30.4 Å². The van der Waals surface area contributed by atoms with Gasteiger partial charge in [0.15, 0.2) is 0 Å². The Morgan fingerprint density at radius 1 is 1.03 bits per heavy atom. The molecule has 1 amide bonds. The highest BCUT2D eigenvalue weighted by atomic mass is 16.2. The lowest BCUT2D eigenvalue weighted by Crippen LogP contribution is -2.29. The molecule has 4 heteroatoms.